The van der Waals surface area contributed by atoms with Crippen LogP contribution in [0.2, 0.25) is 0 Å². The fourth-order valence-corrected chi connectivity index (χ4v) is 2.14. The number of ether oxygens (including phenoxy) is 1. The Hall–Kier alpha value is -0.940. The average Bonchev–Trinajstić information content (AvgIpc) is 2.86. The van der Waals surface area contributed by atoms with Gasteiger partial charge in [0.25, 0.3) is 0 Å². The van der Waals surface area contributed by atoms with Crippen molar-refractivity contribution in [2.75, 3.05) is 6.61 Å². The van der Waals surface area contributed by atoms with E-state index in [0.29, 0.717) is 12.1 Å². The van der Waals surface area contributed by atoms with Gasteiger partial charge < -0.3 is 14.6 Å². The molecule has 0 radical (unpaired) electrons. The van der Waals surface area contributed by atoms with Gasteiger partial charge in [0.1, 0.15) is 0 Å². The van der Waals surface area contributed by atoms with Crippen molar-refractivity contribution >= 4 is 0 Å². The first-order chi connectivity index (χ1) is 8.40. The molecule has 17 heavy (non-hydrogen) atoms. The van der Waals surface area contributed by atoms with E-state index in [4.69, 9.17) is 9.26 Å². The first kappa shape index (κ1) is 11.2. The van der Waals surface area contributed by atoms with Crippen molar-refractivity contribution in [3.63, 3.8) is 0 Å². The van der Waals surface area contributed by atoms with Crippen LogP contribution in [0.4, 0.5) is 0 Å². The first-order valence-corrected chi connectivity index (χ1v) is 6.56. The molecule has 0 bridgehead atoms. The van der Waals surface area contributed by atoms with E-state index >= 15 is 0 Å². The lowest BCUT2D eigenvalue weighted by Gasteiger charge is -2.05. The molecule has 5 nitrogen and oxygen atoms in total. The smallest absolute Gasteiger partial charge is 0.226 e. The van der Waals surface area contributed by atoms with Crippen LogP contribution in [0.3, 0.4) is 0 Å². The molecule has 0 aromatic carbocycles. The zero-order chi connectivity index (χ0) is 11.5. The van der Waals surface area contributed by atoms with E-state index in [0.717, 1.165) is 37.7 Å². The molecule has 5 heteroatoms. The number of nitrogens with one attached hydrogen (secondary N) is 1. The van der Waals surface area contributed by atoms with Crippen molar-refractivity contribution in [1.29, 1.82) is 0 Å². The Morgan fingerprint density at radius 2 is 2.24 bits per heavy atom. The van der Waals surface area contributed by atoms with Gasteiger partial charge in [0.15, 0.2) is 5.82 Å². The predicted octanol–water partition coefficient (Wildman–Crippen LogP) is 1.43. The molecule has 1 atom stereocenters. The molecule has 1 unspecified atom stereocenters. The lowest BCUT2D eigenvalue weighted by atomic mass is 10.1. The van der Waals surface area contributed by atoms with Gasteiger partial charge in [-0.1, -0.05) is 5.16 Å². The fourth-order valence-electron chi connectivity index (χ4n) is 2.14. The molecule has 0 amide bonds. The van der Waals surface area contributed by atoms with Gasteiger partial charge in [-0.05, 0) is 32.1 Å². The molecule has 94 valence electrons. The Morgan fingerprint density at radius 3 is 3.00 bits per heavy atom. The molecule has 2 heterocycles. The molecule has 1 aliphatic carbocycles. The minimum Gasteiger partial charge on any atom is -0.378 e. The van der Waals surface area contributed by atoms with Gasteiger partial charge in [0, 0.05) is 19.1 Å². The lowest BCUT2D eigenvalue weighted by Crippen LogP contribution is -2.16. The number of nitrogens with zero attached hydrogens (tertiary/aromatic N) is 2. The van der Waals surface area contributed by atoms with Gasteiger partial charge in [-0.15, -0.1) is 0 Å². The van der Waals surface area contributed by atoms with Crippen LogP contribution in [-0.2, 0) is 17.7 Å². The Labute approximate surface area is 101 Å². The molecule has 1 aromatic rings. The summed E-state index contributed by atoms with van der Waals surface area (Å²) >= 11 is 0. The number of aromatic nitrogens is 2. The normalized spacial score (nSPS) is 24.4. The molecular formula is C12H19N3O2. The lowest BCUT2D eigenvalue weighted by molar-refractivity contribution is 0.102. The number of hydrogen-bond donors (Lipinski definition) is 1. The molecular weight excluding hydrogens is 218 g/mol. The second-order valence-electron chi connectivity index (χ2n) is 4.93. The third kappa shape index (κ3) is 3.26. The van der Waals surface area contributed by atoms with E-state index in [-0.39, 0.29) is 0 Å². The summed E-state index contributed by atoms with van der Waals surface area (Å²) in [6.07, 6.45) is 7.15. The molecule has 1 saturated carbocycles. The van der Waals surface area contributed by atoms with Crippen LogP contribution in [0.25, 0.3) is 0 Å². The summed E-state index contributed by atoms with van der Waals surface area (Å²) in [5.74, 6) is 1.52. The second kappa shape index (κ2) is 5.14. The van der Waals surface area contributed by atoms with Gasteiger partial charge in [-0.3, -0.25) is 0 Å². The van der Waals surface area contributed by atoms with Crippen molar-refractivity contribution in [3.05, 3.63) is 11.7 Å². The molecule has 1 saturated heterocycles. The minimum atomic E-state index is 0.398. The fraction of sp³-hybridized carbons (Fsp3) is 0.833. The Bertz CT molecular complexity index is 356. The van der Waals surface area contributed by atoms with Crippen molar-refractivity contribution in [1.82, 2.24) is 15.5 Å². The highest BCUT2D eigenvalue weighted by Gasteiger charge is 2.21. The standard InChI is InChI=1S/C12H19N3O2/c1-2-10(16-7-1)5-6-12-14-11(15-17-12)8-13-9-3-4-9/h9-10,13H,1-8H2. The molecule has 2 fully saturated rings. The topological polar surface area (TPSA) is 60.2 Å². The van der Waals surface area contributed by atoms with Crippen molar-refractivity contribution < 1.29 is 9.26 Å². The van der Waals surface area contributed by atoms with Crippen LogP contribution in [0.5, 0.6) is 0 Å². The Balaban J connectivity index is 1.42. The van der Waals surface area contributed by atoms with Crippen LogP contribution in [0.1, 0.15) is 43.8 Å². The zero-order valence-corrected chi connectivity index (χ0v) is 10.0. The third-order valence-electron chi connectivity index (χ3n) is 3.34. The van der Waals surface area contributed by atoms with E-state index in [9.17, 15) is 0 Å². The van der Waals surface area contributed by atoms with E-state index in [2.05, 4.69) is 15.5 Å². The summed E-state index contributed by atoms with van der Waals surface area (Å²) in [5.41, 5.74) is 0. The van der Waals surface area contributed by atoms with Crippen molar-refractivity contribution in [3.8, 4) is 0 Å². The highest BCUT2D eigenvalue weighted by atomic mass is 16.5. The predicted molar refractivity (Wildman–Crippen MR) is 61.5 cm³/mol. The third-order valence-corrected chi connectivity index (χ3v) is 3.34. The zero-order valence-electron chi connectivity index (χ0n) is 10.0. The van der Waals surface area contributed by atoms with Gasteiger partial charge in [0.05, 0.1) is 12.6 Å². The highest BCUT2D eigenvalue weighted by Crippen LogP contribution is 2.19. The quantitative estimate of drug-likeness (QED) is 0.811. The van der Waals surface area contributed by atoms with E-state index in [1.807, 2.05) is 0 Å². The molecule has 1 aliphatic heterocycles. The molecule has 3 rings (SSSR count). The summed E-state index contributed by atoms with van der Waals surface area (Å²) in [6.45, 7) is 1.64. The minimum absolute atomic E-state index is 0.398. The van der Waals surface area contributed by atoms with Crippen LogP contribution in [-0.4, -0.2) is 28.9 Å². The first-order valence-electron chi connectivity index (χ1n) is 6.56. The average molecular weight is 237 g/mol. The highest BCUT2D eigenvalue weighted by molar-refractivity contribution is 4.90. The van der Waals surface area contributed by atoms with E-state index in [1.165, 1.54) is 25.7 Å². The summed E-state index contributed by atoms with van der Waals surface area (Å²) in [6, 6.07) is 0.684. The molecule has 1 aromatic heterocycles. The van der Waals surface area contributed by atoms with E-state index in [1.54, 1.807) is 0 Å². The summed E-state index contributed by atoms with van der Waals surface area (Å²) in [5, 5.41) is 7.35. The molecule has 2 aliphatic rings. The maximum Gasteiger partial charge on any atom is 0.226 e. The summed E-state index contributed by atoms with van der Waals surface area (Å²) < 4.78 is 10.8. The monoisotopic (exact) mass is 237 g/mol. The van der Waals surface area contributed by atoms with Crippen LogP contribution < -0.4 is 5.32 Å². The van der Waals surface area contributed by atoms with Crippen LogP contribution in [0.15, 0.2) is 4.52 Å². The van der Waals surface area contributed by atoms with Gasteiger partial charge in [-0.25, -0.2) is 0 Å². The molecule has 0 spiro atoms. The van der Waals surface area contributed by atoms with Crippen LogP contribution in [0, 0.1) is 0 Å². The number of rotatable bonds is 6. The van der Waals surface area contributed by atoms with Gasteiger partial charge >= 0.3 is 0 Å². The summed E-state index contributed by atoms with van der Waals surface area (Å²) in [7, 11) is 0. The maximum atomic E-state index is 5.57. The van der Waals surface area contributed by atoms with Crippen molar-refractivity contribution in [2.45, 2.75) is 57.2 Å². The maximum absolute atomic E-state index is 5.57. The van der Waals surface area contributed by atoms with Gasteiger partial charge in [-0.2, -0.15) is 4.98 Å². The Morgan fingerprint density at radius 1 is 1.29 bits per heavy atom. The number of aryl methyl sites for hydroxylation is 1. The summed E-state index contributed by atoms with van der Waals surface area (Å²) in [4.78, 5) is 4.38. The van der Waals surface area contributed by atoms with Gasteiger partial charge in [0.2, 0.25) is 5.89 Å². The Kier molecular flexibility index (Phi) is 3.38. The van der Waals surface area contributed by atoms with Crippen LogP contribution >= 0.6 is 0 Å². The van der Waals surface area contributed by atoms with E-state index < -0.39 is 0 Å². The number of hydrogen-bond acceptors (Lipinski definition) is 5. The largest absolute Gasteiger partial charge is 0.378 e. The molecule has 1 N–H and O–H groups in total. The van der Waals surface area contributed by atoms with Crippen molar-refractivity contribution in [2.24, 2.45) is 0 Å². The SMILES string of the molecule is C1COC(CCc2nc(CNC3CC3)no2)C1. The second-order valence-corrected chi connectivity index (χ2v) is 4.93.